The van der Waals surface area contributed by atoms with Gasteiger partial charge in [0.1, 0.15) is 0 Å². The minimum Gasteiger partial charge on any atom is -0.479 e. The molecule has 1 unspecified atom stereocenters. The number of aryl methyl sites for hydroxylation is 2. The van der Waals surface area contributed by atoms with Gasteiger partial charge in [-0.15, -0.1) is 12.4 Å². The number of carboxylic acid groups (broad SMARTS) is 1. The molecule has 1 atom stereocenters. The van der Waals surface area contributed by atoms with Gasteiger partial charge in [-0.1, -0.05) is 36.4 Å². The van der Waals surface area contributed by atoms with Crippen molar-refractivity contribution in [3.8, 4) is 0 Å². The Morgan fingerprint density at radius 2 is 1.61 bits per heavy atom. The molecule has 4 rings (SSSR count). The maximum absolute atomic E-state index is 11.2. The predicted molar refractivity (Wildman–Crippen MR) is 113 cm³/mol. The number of carboxylic acids is 1. The van der Waals surface area contributed by atoms with Crippen LogP contribution in [0.5, 0.6) is 0 Å². The largest absolute Gasteiger partial charge is 0.479 e. The summed E-state index contributed by atoms with van der Waals surface area (Å²) >= 11 is 0. The van der Waals surface area contributed by atoms with Crippen molar-refractivity contribution < 1.29 is 14.6 Å². The van der Waals surface area contributed by atoms with Gasteiger partial charge >= 0.3 is 5.97 Å². The summed E-state index contributed by atoms with van der Waals surface area (Å²) in [4.78, 5) is 15.8. The molecule has 2 heterocycles. The molecule has 0 spiro atoms. The second kappa shape index (κ2) is 9.41. The van der Waals surface area contributed by atoms with Crippen LogP contribution in [0.2, 0.25) is 0 Å². The van der Waals surface area contributed by atoms with Crippen LogP contribution < -0.4 is 4.90 Å². The average Bonchev–Trinajstić information content (AvgIpc) is 2.86. The zero-order chi connectivity index (χ0) is 18.6. The number of fused-ring (bicyclic) bond motifs is 2. The van der Waals surface area contributed by atoms with Gasteiger partial charge < -0.3 is 14.7 Å². The average molecular weight is 403 g/mol. The molecule has 0 saturated carbocycles. The fourth-order valence-electron chi connectivity index (χ4n) is 4.12. The van der Waals surface area contributed by atoms with Crippen LogP contribution >= 0.6 is 12.4 Å². The molecule has 28 heavy (non-hydrogen) atoms. The monoisotopic (exact) mass is 402 g/mol. The molecular weight excluding hydrogens is 376 g/mol. The fourth-order valence-corrected chi connectivity index (χ4v) is 4.12. The van der Waals surface area contributed by atoms with Crippen molar-refractivity contribution in [1.82, 2.24) is 4.90 Å². The third kappa shape index (κ3) is 4.49. The molecule has 2 aromatic carbocycles. The predicted octanol–water partition coefficient (Wildman–Crippen LogP) is 3.52. The Balaban J connectivity index is 0.00000225. The smallest absolute Gasteiger partial charge is 0.334 e. The van der Waals surface area contributed by atoms with E-state index in [1.54, 1.807) is 0 Å². The number of hydrogen-bond acceptors (Lipinski definition) is 4. The second-order valence-corrected chi connectivity index (χ2v) is 7.26. The molecule has 1 saturated heterocycles. The first-order valence-corrected chi connectivity index (χ1v) is 9.72. The van der Waals surface area contributed by atoms with E-state index in [4.69, 9.17) is 4.74 Å². The number of hydrogen-bond donors (Lipinski definition) is 1. The SMILES string of the molecule is Cl.O=C(O)C1CN(CCCN2c3ccccc3CCc3ccccc32)CCO1. The number of morpholine rings is 1. The Morgan fingerprint density at radius 3 is 2.21 bits per heavy atom. The van der Waals surface area contributed by atoms with Crippen molar-refractivity contribution in [2.75, 3.05) is 37.7 Å². The molecule has 5 nitrogen and oxygen atoms in total. The van der Waals surface area contributed by atoms with E-state index in [0.717, 1.165) is 38.9 Å². The van der Waals surface area contributed by atoms with E-state index in [1.807, 2.05) is 0 Å². The van der Waals surface area contributed by atoms with E-state index in [0.29, 0.717) is 13.2 Å². The van der Waals surface area contributed by atoms with Crippen LogP contribution in [0, 0.1) is 0 Å². The van der Waals surface area contributed by atoms with Gasteiger partial charge in [-0.05, 0) is 42.5 Å². The lowest BCUT2D eigenvalue weighted by molar-refractivity contribution is -0.156. The standard InChI is InChI=1S/C22H26N2O3.ClH/c25-22(26)21-16-23(14-15-27-21)12-5-13-24-19-8-3-1-6-17(19)10-11-18-7-2-4-9-20(18)24;/h1-4,6-9,21H,5,10-16H2,(H,25,26);1H. The fraction of sp³-hybridized carbons (Fsp3) is 0.409. The van der Waals surface area contributed by atoms with Gasteiger partial charge in [0.2, 0.25) is 0 Å². The lowest BCUT2D eigenvalue weighted by Crippen LogP contribution is -2.46. The summed E-state index contributed by atoms with van der Waals surface area (Å²) in [5.74, 6) is -0.866. The molecule has 1 fully saturated rings. The van der Waals surface area contributed by atoms with E-state index in [-0.39, 0.29) is 12.4 Å². The minimum absolute atomic E-state index is 0. The zero-order valence-corrected chi connectivity index (χ0v) is 16.7. The Morgan fingerprint density at radius 1 is 1.00 bits per heavy atom. The van der Waals surface area contributed by atoms with Crippen molar-refractivity contribution in [2.24, 2.45) is 0 Å². The second-order valence-electron chi connectivity index (χ2n) is 7.26. The number of anilines is 2. The maximum atomic E-state index is 11.2. The number of carbonyl (C=O) groups is 1. The highest BCUT2D eigenvalue weighted by atomic mass is 35.5. The van der Waals surface area contributed by atoms with Crippen molar-refractivity contribution in [3.05, 3.63) is 59.7 Å². The highest BCUT2D eigenvalue weighted by Gasteiger charge is 2.26. The highest BCUT2D eigenvalue weighted by molar-refractivity contribution is 5.85. The Labute approximate surface area is 172 Å². The summed E-state index contributed by atoms with van der Waals surface area (Å²) in [7, 11) is 0. The van der Waals surface area contributed by atoms with E-state index in [9.17, 15) is 9.90 Å². The first-order valence-electron chi connectivity index (χ1n) is 9.72. The summed E-state index contributed by atoms with van der Waals surface area (Å²) in [6.07, 6.45) is 2.41. The quantitative estimate of drug-likeness (QED) is 0.829. The van der Waals surface area contributed by atoms with Crippen LogP contribution in [-0.4, -0.2) is 54.9 Å². The summed E-state index contributed by atoms with van der Waals surface area (Å²) < 4.78 is 5.32. The summed E-state index contributed by atoms with van der Waals surface area (Å²) in [5.41, 5.74) is 5.39. The molecule has 0 radical (unpaired) electrons. The maximum Gasteiger partial charge on any atom is 0.334 e. The molecule has 0 aliphatic carbocycles. The molecule has 2 aromatic rings. The van der Waals surface area contributed by atoms with Crippen LogP contribution in [0.15, 0.2) is 48.5 Å². The van der Waals surface area contributed by atoms with Gasteiger partial charge in [0.25, 0.3) is 0 Å². The third-order valence-electron chi connectivity index (χ3n) is 5.51. The van der Waals surface area contributed by atoms with Crippen molar-refractivity contribution in [3.63, 3.8) is 0 Å². The number of aliphatic carboxylic acids is 1. The number of ether oxygens (including phenoxy) is 1. The lowest BCUT2D eigenvalue weighted by Gasteiger charge is -2.32. The van der Waals surface area contributed by atoms with Gasteiger partial charge in [0.15, 0.2) is 6.10 Å². The number of benzene rings is 2. The van der Waals surface area contributed by atoms with Crippen LogP contribution in [0.3, 0.4) is 0 Å². The van der Waals surface area contributed by atoms with Crippen LogP contribution in [0.4, 0.5) is 11.4 Å². The van der Waals surface area contributed by atoms with Crippen molar-refractivity contribution in [1.29, 1.82) is 0 Å². The van der Waals surface area contributed by atoms with Crippen LogP contribution in [0.25, 0.3) is 0 Å². The van der Waals surface area contributed by atoms with E-state index >= 15 is 0 Å². The lowest BCUT2D eigenvalue weighted by atomic mass is 10.0. The molecule has 2 aliphatic rings. The molecule has 0 aromatic heterocycles. The molecule has 0 amide bonds. The first-order chi connectivity index (χ1) is 13.2. The van der Waals surface area contributed by atoms with Gasteiger partial charge in [-0.25, -0.2) is 4.79 Å². The van der Waals surface area contributed by atoms with Crippen LogP contribution in [-0.2, 0) is 22.4 Å². The van der Waals surface area contributed by atoms with Crippen molar-refractivity contribution in [2.45, 2.75) is 25.4 Å². The first kappa shape index (κ1) is 20.6. The summed E-state index contributed by atoms with van der Waals surface area (Å²) in [5, 5.41) is 9.18. The minimum atomic E-state index is -0.866. The van der Waals surface area contributed by atoms with Gasteiger partial charge in [0, 0.05) is 37.6 Å². The Kier molecular flexibility index (Phi) is 6.94. The van der Waals surface area contributed by atoms with E-state index in [1.165, 1.54) is 22.5 Å². The Bertz CT molecular complexity index is 766. The number of nitrogens with zero attached hydrogens (tertiary/aromatic N) is 2. The van der Waals surface area contributed by atoms with Crippen LogP contribution in [0.1, 0.15) is 17.5 Å². The summed E-state index contributed by atoms with van der Waals surface area (Å²) in [6.45, 7) is 3.57. The number of halogens is 1. The van der Waals surface area contributed by atoms with E-state index in [2.05, 4.69) is 58.3 Å². The van der Waals surface area contributed by atoms with Crippen molar-refractivity contribution >= 4 is 29.8 Å². The van der Waals surface area contributed by atoms with Gasteiger partial charge in [0.05, 0.1) is 6.61 Å². The molecule has 0 bridgehead atoms. The molecule has 6 heteroatoms. The van der Waals surface area contributed by atoms with Gasteiger partial charge in [-0.3, -0.25) is 4.90 Å². The third-order valence-corrected chi connectivity index (χ3v) is 5.51. The van der Waals surface area contributed by atoms with Gasteiger partial charge in [-0.2, -0.15) is 0 Å². The molecule has 1 N–H and O–H groups in total. The summed E-state index contributed by atoms with van der Waals surface area (Å²) in [6, 6.07) is 17.3. The topological polar surface area (TPSA) is 53.0 Å². The van der Waals surface area contributed by atoms with E-state index < -0.39 is 12.1 Å². The zero-order valence-electron chi connectivity index (χ0n) is 15.9. The molecule has 2 aliphatic heterocycles. The normalized spacial score (nSPS) is 19.1. The Hall–Kier alpha value is -2.08. The number of rotatable bonds is 5. The molecule has 150 valence electrons. The molecular formula is C22H27ClN2O3. The highest BCUT2D eigenvalue weighted by Crippen LogP contribution is 2.35. The number of para-hydroxylation sites is 2.